The van der Waals surface area contributed by atoms with Crippen LogP contribution in [0.4, 0.5) is 0 Å². The van der Waals surface area contributed by atoms with Crippen LogP contribution in [0.2, 0.25) is 0 Å². The van der Waals surface area contributed by atoms with Gasteiger partial charge < -0.3 is 4.90 Å². The third-order valence-electron chi connectivity index (χ3n) is 3.43. The number of hydrogen-bond acceptors (Lipinski definition) is 2. The molecule has 2 heteroatoms. The summed E-state index contributed by atoms with van der Waals surface area (Å²) in [6.45, 7) is 2.56. The zero-order chi connectivity index (χ0) is 9.80. The first-order valence-corrected chi connectivity index (χ1v) is 5.73. The summed E-state index contributed by atoms with van der Waals surface area (Å²) in [7, 11) is 0. The van der Waals surface area contributed by atoms with Gasteiger partial charge in [-0.05, 0) is 45.2 Å². The van der Waals surface area contributed by atoms with E-state index in [1.165, 1.54) is 38.8 Å². The van der Waals surface area contributed by atoms with Crippen LogP contribution in [0.15, 0.2) is 11.6 Å². The second-order valence-corrected chi connectivity index (χ2v) is 4.37. The van der Waals surface area contributed by atoms with Crippen molar-refractivity contribution < 1.29 is 0 Å². The van der Waals surface area contributed by atoms with Crippen LogP contribution in [-0.4, -0.2) is 24.0 Å². The number of likely N-dealkylation sites (tertiary alicyclic amines) is 1. The van der Waals surface area contributed by atoms with Crippen LogP contribution in [0, 0.1) is 11.3 Å². The average Bonchev–Trinajstić information content (AvgIpc) is 2.30. The Hall–Kier alpha value is -0.810. The first-order chi connectivity index (χ1) is 6.90. The van der Waals surface area contributed by atoms with Crippen LogP contribution in [0.5, 0.6) is 0 Å². The topological polar surface area (TPSA) is 27.0 Å². The molecule has 1 atom stereocenters. The molecular formula is C12H18N2. The van der Waals surface area contributed by atoms with E-state index in [4.69, 9.17) is 5.26 Å². The second-order valence-electron chi connectivity index (χ2n) is 4.37. The Morgan fingerprint density at radius 3 is 2.64 bits per heavy atom. The van der Waals surface area contributed by atoms with E-state index in [1.54, 1.807) is 0 Å². The summed E-state index contributed by atoms with van der Waals surface area (Å²) in [5, 5.41) is 8.76. The third kappa shape index (κ3) is 2.16. The fourth-order valence-corrected chi connectivity index (χ4v) is 2.54. The number of rotatable bonds is 1. The highest BCUT2D eigenvalue weighted by Gasteiger charge is 2.22. The molecule has 0 saturated carbocycles. The van der Waals surface area contributed by atoms with Gasteiger partial charge in [-0.1, -0.05) is 12.5 Å². The zero-order valence-electron chi connectivity index (χ0n) is 8.71. The monoisotopic (exact) mass is 190 g/mol. The highest BCUT2D eigenvalue weighted by molar-refractivity contribution is 5.23. The maximum absolute atomic E-state index is 8.76. The van der Waals surface area contributed by atoms with Gasteiger partial charge in [-0.3, -0.25) is 0 Å². The van der Waals surface area contributed by atoms with Gasteiger partial charge in [0.1, 0.15) is 0 Å². The molecule has 0 N–H and O–H groups in total. The quantitative estimate of drug-likeness (QED) is 0.635. The van der Waals surface area contributed by atoms with Crippen molar-refractivity contribution >= 4 is 0 Å². The van der Waals surface area contributed by atoms with Gasteiger partial charge in [0, 0.05) is 11.6 Å². The molecule has 1 aliphatic carbocycles. The van der Waals surface area contributed by atoms with Crippen LogP contribution in [-0.2, 0) is 0 Å². The Bertz CT molecular complexity index is 256. The summed E-state index contributed by atoms with van der Waals surface area (Å²) >= 11 is 0. The normalized spacial score (nSPS) is 29.4. The number of piperidine rings is 1. The minimum Gasteiger partial charge on any atom is -0.300 e. The van der Waals surface area contributed by atoms with Crippen LogP contribution < -0.4 is 0 Å². The minimum atomic E-state index is 0.729. The van der Waals surface area contributed by atoms with Crippen LogP contribution in [0.25, 0.3) is 0 Å². The molecule has 0 amide bonds. The predicted molar refractivity (Wildman–Crippen MR) is 56.8 cm³/mol. The molecule has 1 heterocycles. The summed E-state index contributed by atoms with van der Waals surface area (Å²) in [5.41, 5.74) is 0.998. The molecule has 14 heavy (non-hydrogen) atoms. The lowest BCUT2D eigenvalue weighted by Gasteiger charge is -2.35. The minimum absolute atomic E-state index is 0.729. The SMILES string of the molecule is N#CC1=CCC(N2CCCCC2)CC1. The van der Waals surface area contributed by atoms with E-state index in [-0.39, 0.29) is 0 Å². The fraction of sp³-hybridized carbons (Fsp3) is 0.750. The van der Waals surface area contributed by atoms with E-state index in [2.05, 4.69) is 17.0 Å². The Kier molecular flexibility index (Phi) is 3.21. The first-order valence-electron chi connectivity index (χ1n) is 5.73. The van der Waals surface area contributed by atoms with Gasteiger partial charge in [-0.25, -0.2) is 0 Å². The third-order valence-corrected chi connectivity index (χ3v) is 3.43. The molecule has 0 radical (unpaired) electrons. The zero-order valence-corrected chi connectivity index (χ0v) is 8.71. The molecule has 0 bridgehead atoms. The summed E-state index contributed by atoms with van der Waals surface area (Å²) in [6.07, 6.45) is 9.57. The fourth-order valence-electron chi connectivity index (χ4n) is 2.54. The maximum atomic E-state index is 8.76. The second kappa shape index (κ2) is 4.61. The summed E-state index contributed by atoms with van der Waals surface area (Å²) < 4.78 is 0. The van der Waals surface area contributed by atoms with Gasteiger partial charge in [0.25, 0.3) is 0 Å². The van der Waals surface area contributed by atoms with Crippen molar-refractivity contribution in [1.29, 1.82) is 5.26 Å². The smallest absolute Gasteiger partial charge is 0.0943 e. The molecule has 1 aliphatic heterocycles. The highest BCUT2D eigenvalue weighted by Crippen LogP contribution is 2.24. The van der Waals surface area contributed by atoms with Crippen molar-refractivity contribution in [3.8, 4) is 6.07 Å². The van der Waals surface area contributed by atoms with Crippen molar-refractivity contribution in [1.82, 2.24) is 4.90 Å². The van der Waals surface area contributed by atoms with E-state index in [0.717, 1.165) is 24.5 Å². The first kappa shape index (κ1) is 9.73. The average molecular weight is 190 g/mol. The molecule has 2 nitrogen and oxygen atoms in total. The molecule has 0 aromatic rings. The van der Waals surface area contributed by atoms with Gasteiger partial charge in [0.15, 0.2) is 0 Å². The standard InChI is InChI=1S/C12H18N2/c13-10-11-4-6-12(7-5-11)14-8-2-1-3-9-14/h4,12H,1-3,5-9H2. The Balaban J connectivity index is 1.88. The van der Waals surface area contributed by atoms with E-state index >= 15 is 0 Å². The molecule has 0 aromatic heterocycles. The van der Waals surface area contributed by atoms with Crippen LogP contribution >= 0.6 is 0 Å². The van der Waals surface area contributed by atoms with Crippen molar-refractivity contribution in [3.05, 3.63) is 11.6 Å². The summed E-state index contributed by atoms with van der Waals surface area (Å²) in [6, 6.07) is 3.00. The highest BCUT2D eigenvalue weighted by atomic mass is 15.2. The van der Waals surface area contributed by atoms with Crippen molar-refractivity contribution in [3.63, 3.8) is 0 Å². The lowest BCUT2D eigenvalue weighted by Crippen LogP contribution is -2.39. The van der Waals surface area contributed by atoms with Gasteiger partial charge >= 0.3 is 0 Å². The Morgan fingerprint density at radius 1 is 1.29 bits per heavy atom. The maximum Gasteiger partial charge on any atom is 0.0943 e. The summed E-state index contributed by atoms with van der Waals surface area (Å²) in [5.74, 6) is 0. The van der Waals surface area contributed by atoms with Crippen molar-refractivity contribution in [2.45, 2.75) is 44.6 Å². The van der Waals surface area contributed by atoms with Gasteiger partial charge in [0.2, 0.25) is 0 Å². The lowest BCUT2D eigenvalue weighted by molar-refractivity contribution is 0.153. The van der Waals surface area contributed by atoms with Crippen LogP contribution in [0.1, 0.15) is 38.5 Å². The Morgan fingerprint density at radius 2 is 2.07 bits per heavy atom. The van der Waals surface area contributed by atoms with Crippen LogP contribution in [0.3, 0.4) is 0 Å². The molecule has 1 saturated heterocycles. The predicted octanol–water partition coefficient (Wildman–Crippen LogP) is 2.47. The molecule has 0 aromatic carbocycles. The van der Waals surface area contributed by atoms with Crippen molar-refractivity contribution in [2.24, 2.45) is 0 Å². The molecule has 76 valence electrons. The van der Waals surface area contributed by atoms with Crippen molar-refractivity contribution in [2.75, 3.05) is 13.1 Å². The summed E-state index contributed by atoms with van der Waals surface area (Å²) in [4.78, 5) is 2.62. The number of allylic oxidation sites excluding steroid dienone is 1. The largest absolute Gasteiger partial charge is 0.300 e. The number of nitriles is 1. The molecular weight excluding hydrogens is 172 g/mol. The van der Waals surface area contributed by atoms with E-state index < -0.39 is 0 Å². The van der Waals surface area contributed by atoms with E-state index in [1.807, 2.05) is 0 Å². The molecule has 1 fully saturated rings. The number of nitrogens with zero attached hydrogens (tertiary/aromatic N) is 2. The van der Waals surface area contributed by atoms with E-state index in [9.17, 15) is 0 Å². The van der Waals surface area contributed by atoms with Gasteiger partial charge in [-0.15, -0.1) is 0 Å². The van der Waals surface area contributed by atoms with Gasteiger partial charge in [0.05, 0.1) is 6.07 Å². The number of hydrogen-bond donors (Lipinski definition) is 0. The molecule has 2 aliphatic rings. The van der Waals surface area contributed by atoms with E-state index in [0.29, 0.717) is 0 Å². The Labute approximate surface area is 86.2 Å². The molecule has 0 spiro atoms. The van der Waals surface area contributed by atoms with Gasteiger partial charge in [-0.2, -0.15) is 5.26 Å². The molecule has 2 rings (SSSR count). The molecule has 1 unspecified atom stereocenters. The lowest BCUT2D eigenvalue weighted by atomic mass is 9.93.